The molecular weight excluding hydrogens is 517 g/mol. The van der Waals surface area contributed by atoms with E-state index in [1.807, 2.05) is 19.0 Å². The van der Waals surface area contributed by atoms with Crippen molar-refractivity contribution in [1.29, 1.82) is 0 Å². The summed E-state index contributed by atoms with van der Waals surface area (Å²) in [7, 11) is 3.71. The van der Waals surface area contributed by atoms with E-state index in [1.165, 1.54) is 30.9 Å². The van der Waals surface area contributed by atoms with E-state index in [2.05, 4.69) is 15.0 Å². The summed E-state index contributed by atoms with van der Waals surface area (Å²) in [4.78, 5) is 50.6. The number of H-pyrrole nitrogens is 2. The predicted octanol–water partition coefficient (Wildman–Crippen LogP) is 3.89. The fourth-order valence-electron chi connectivity index (χ4n) is 4.95. The molecule has 0 aliphatic heterocycles. The van der Waals surface area contributed by atoms with Gasteiger partial charge in [0, 0.05) is 24.8 Å². The lowest BCUT2D eigenvalue weighted by Crippen LogP contribution is -2.22. The molecule has 0 saturated carbocycles. The molecule has 11 heteroatoms. The van der Waals surface area contributed by atoms with E-state index in [0.717, 1.165) is 0 Å². The van der Waals surface area contributed by atoms with Crippen LogP contribution in [-0.2, 0) is 11.3 Å². The predicted molar refractivity (Wildman–Crippen MR) is 148 cm³/mol. The number of hydrogen-bond donors (Lipinski definition) is 2. The lowest BCUT2D eigenvalue weighted by atomic mass is 10.0. The number of ether oxygens (including phenoxy) is 1. The van der Waals surface area contributed by atoms with Gasteiger partial charge in [-0.2, -0.15) is 0 Å². The SMILES string of the molecule is CN(C)CCOC(=O)c1c(-c2ccc[nH]c2=O)c2c3occc3c(F)cc2n1Cc1ccc2nc[nH]c(=O)c2c1. The van der Waals surface area contributed by atoms with Gasteiger partial charge in [0.25, 0.3) is 11.1 Å². The van der Waals surface area contributed by atoms with Crippen LogP contribution in [0.1, 0.15) is 16.1 Å². The van der Waals surface area contributed by atoms with Gasteiger partial charge in [-0.15, -0.1) is 0 Å². The Kier molecular flexibility index (Phi) is 6.27. The zero-order valence-corrected chi connectivity index (χ0v) is 21.7. The second-order valence-electron chi connectivity index (χ2n) is 9.66. The van der Waals surface area contributed by atoms with Crippen LogP contribution in [-0.4, -0.2) is 57.6 Å². The Balaban J connectivity index is 1.66. The lowest BCUT2D eigenvalue weighted by Gasteiger charge is -2.14. The highest BCUT2D eigenvalue weighted by molar-refractivity contribution is 6.17. The Morgan fingerprint density at radius 2 is 1.95 bits per heavy atom. The van der Waals surface area contributed by atoms with E-state index in [9.17, 15) is 14.4 Å². The van der Waals surface area contributed by atoms with E-state index in [1.54, 1.807) is 34.9 Å². The average Bonchev–Trinajstić information content (AvgIpc) is 3.53. The molecule has 0 radical (unpaired) electrons. The number of aromatic nitrogens is 4. The number of aromatic amines is 2. The molecule has 2 aromatic carbocycles. The average molecular weight is 542 g/mol. The van der Waals surface area contributed by atoms with Crippen LogP contribution in [0.5, 0.6) is 0 Å². The highest BCUT2D eigenvalue weighted by atomic mass is 19.1. The number of likely N-dealkylation sites (N-methyl/N-ethyl adjacent to an activating group) is 1. The number of carbonyl (C=O) groups is 1. The fourth-order valence-corrected chi connectivity index (χ4v) is 4.95. The Morgan fingerprint density at radius 1 is 1.10 bits per heavy atom. The van der Waals surface area contributed by atoms with Crippen molar-refractivity contribution < 1.29 is 18.3 Å². The van der Waals surface area contributed by atoms with Crippen LogP contribution in [0.25, 0.3) is 43.9 Å². The first kappa shape index (κ1) is 25.3. The van der Waals surface area contributed by atoms with E-state index in [-0.39, 0.29) is 46.5 Å². The lowest BCUT2D eigenvalue weighted by molar-refractivity contribution is 0.0471. The molecule has 0 aliphatic rings. The third-order valence-corrected chi connectivity index (χ3v) is 6.81. The quantitative estimate of drug-likeness (QED) is 0.294. The number of furan rings is 1. The second kappa shape index (κ2) is 9.93. The summed E-state index contributed by atoms with van der Waals surface area (Å²) in [6.07, 6.45) is 4.18. The summed E-state index contributed by atoms with van der Waals surface area (Å²) in [5.41, 5.74) is 1.48. The monoisotopic (exact) mass is 541 g/mol. The molecule has 4 aromatic heterocycles. The minimum atomic E-state index is -0.684. The molecule has 0 fully saturated rings. The minimum absolute atomic E-state index is 0.0638. The van der Waals surface area contributed by atoms with Gasteiger partial charge in [0.15, 0.2) is 0 Å². The Hall–Kier alpha value is -5.03. The van der Waals surface area contributed by atoms with Crippen molar-refractivity contribution in [2.75, 3.05) is 27.2 Å². The maximum absolute atomic E-state index is 15.3. The van der Waals surface area contributed by atoms with Crippen molar-refractivity contribution in [3.05, 3.63) is 99.0 Å². The second-order valence-corrected chi connectivity index (χ2v) is 9.66. The standard InChI is InChI=1S/C29H24FN5O5/c1-34(2)9-11-40-29(38)25-23(18-4-3-8-31-27(18)36)24-22(13-20(30)17-7-10-39-26(17)24)35(25)14-16-5-6-21-19(12-16)28(37)33-15-32-21/h3-8,10,12-13,15H,9,11,14H2,1-2H3,(H,31,36)(H,32,33,37). The first-order valence-corrected chi connectivity index (χ1v) is 12.5. The van der Waals surface area contributed by atoms with Crippen LogP contribution in [0.15, 0.2) is 75.3 Å². The van der Waals surface area contributed by atoms with Crippen molar-refractivity contribution >= 4 is 38.7 Å². The summed E-state index contributed by atoms with van der Waals surface area (Å²) < 4.78 is 28.3. The van der Waals surface area contributed by atoms with Gasteiger partial charge in [-0.3, -0.25) is 9.59 Å². The van der Waals surface area contributed by atoms with Crippen LogP contribution >= 0.6 is 0 Å². The number of carbonyl (C=O) groups excluding carboxylic acids is 1. The van der Waals surface area contributed by atoms with Crippen molar-refractivity contribution in [1.82, 2.24) is 24.4 Å². The van der Waals surface area contributed by atoms with Gasteiger partial charge in [-0.1, -0.05) is 6.07 Å². The van der Waals surface area contributed by atoms with Crippen LogP contribution in [0.4, 0.5) is 4.39 Å². The third kappa shape index (κ3) is 4.26. The molecule has 10 nitrogen and oxygen atoms in total. The number of esters is 1. The van der Waals surface area contributed by atoms with E-state index < -0.39 is 17.3 Å². The zero-order valence-electron chi connectivity index (χ0n) is 21.7. The smallest absolute Gasteiger partial charge is 0.355 e. The van der Waals surface area contributed by atoms with Crippen molar-refractivity contribution in [2.45, 2.75) is 6.54 Å². The van der Waals surface area contributed by atoms with E-state index in [4.69, 9.17) is 9.15 Å². The molecule has 6 rings (SSSR count). The van der Waals surface area contributed by atoms with E-state index in [0.29, 0.717) is 33.9 Å². The maximum atomic E-state index is 15.3. The van der Waals surface area contributed by atoms with Crippen LogP contribution < -0.4 is 11.1 Å². The molecule has 0 atom stereocenters. The molecule has 40 heavy (non-hydrogen) atoms. The minimum Gasteiger partial charge on any atom is -0.463 e. The fraction of sp³-hybridized carbons (Fsp3) is 0.172. The Bertz CT molecular complexity index is 2030. The number of nitrogens with one attached hydrogen (secondary N) is 2. The Morgan fingerprint density at radius 3 is 2.75 bits per heavy atom. The van der Waals surface area contributed by atoms with Crippen molar-refractivity contribution in [3.63, 3.8) is 0 Å². The first-order chi connectivity index (χ1) is 19.3. The summed E-state index contributed by atoms with van der Waals surface area (Å²) >= 11 is 0. The topological polar surface area (TPSA) is 126 Å². The van der Waals surface area contributed by atoms with Crippen LogP contribution in [0.3, 0.4) is 0 Å². The van der Waals surface area contributed by atoms with Gasteiger partial charge in [0.2, 0.25) is 0 Å². The zero-order chi connectivity index (χ0) is 28.0. The third-order valence-electron chi connectivity index (χ3n) is 6.81. The number of fused-ring (bicyclic) bond motifs is 4. The highest BCUT2D eigenvalue weighted by Crippen LogP contribution is 2.40. The van der Waals surface area contributed by atoms with Gasteiger partial charge >= 0.3 is 5.97 Å². The molecular formula is C29H24FN5O5. The highest BCUT2D eigenvalue weighted by Gasteiger charge is 2.30. The van der Waals surface area contributed by atoms with Gasteiger partial charge in [-0.05, 0) is 56.1 Å². The Labute approximate surface area is 225 Å². The molecule has 0 bridgehead atoms. The number of pyridine rings is 1. The summed E-state index contributed by atoms with van der Waals surface area (Å²) in [6.45, 7) is 0.638. The molecule has 4 heterocycles. The van der Waals surface area contributed by atoms with Crippen LogP contribution in [0.2, 0.25) is 0 Å². The molecule has 0 saturated heterocycles. The van der Waals surface area contributed by atoms with Crippen molar-refractivity contribution in [2.24, 2.45) is 0 Å². The van der Waals surface area contributed by atoms with Gasteiger partial charge < -0.3 is 28.6 Å². The molecule has 0 spiro atoms. The van der Waals surface area contributed by atoms with Crippen molar-refractivity contribution in [3.8, 4) is 11.1 Å². The largest absolute Gasteiger partial charge is 0.463 e. The summed E-state index contributed by atoms with van der Waals surface area (Å²) in [5, 5.41) is 0.984. The number of hydrogen-bond acceptors (Lipinski definition) is 7. The molecule has 0 amide bonds. The normalized spacial score (nSPS) is 11.7. The number of rotatable bonds is 7. The van der Waals surface area contributed by atoms with Gasteiger partial charge in [0.05, 0.1) is 45.3 Å². The summed E-state index contributed by atoms with van der Waals surface area (Å²) in [5.74, 6) is -1.23. The molecule has 2 N–H and O–H groups in total. The van der Waals surface area contributed by atoms with Crippen LogP contribution in [0, 0.1) is 5.82 Å². The first-order valence-electron chi connectivity index (χ1n) is 12.5. The number of nitrogens with zero attached hydrogens (tertiary/aromatic N) is 3. The molecule has 0 unspecified atom stereocenters. The maximum Gasteiger partial charge on any atom is 0.355 e. The molecule has 6 aromatic rings. The van der Waals surface area contributed by atoms with E-state index >= 15 is 4.39 Å². The van der Waals surface area contributed by atoms with Gasteiger partial charge in [-0.25, -0.2) is 14.2 Å². The number of benzene rings is 2. The molecule has 0 aliphatic carbocycles. The van der Waals surface area contributed by atoms with Gasteiger partial charge in [0.1, 0.15) is 23.7 Å². The number of halogens is 1. The molecule has 202 valence electrons. The summed E-state index contributed by atoms with van der Waals surface area (Å²) in [6, 6.07) is 11.2.